The van der Waals surface area contributed by atoms with Gasteiger partial charge in [0, 0.05) is 12.1 Å². The highest BCUT2D eigenvalue weighted by molar-refractivity contribution is 5.86. The second-order valence-corrected chi connectivity index (χ2v) is 3.04. The molecule has 0 aromatic heterocycles. The number of hydrogen-bond acceptors (Lipinski definition) is 3. The minimum absolute atomic E-state index is 0.263. The first-order valence-electron chi connectivity index (χ1n) is 4.73. The molecule has 1 rings (SSSR count). The predicted octanol–water partition coefficient (Wildman–Crippen LogP) is 2.25. The van der Waals surface area contributed by atoms with Crippen molar-refractivity contribution in [3.8, 4) is 0 Å². The van der Waals surface area contributed by atoms with Gasteiger partial charge in [-0.3, -0.25) is 5.01 Å². The summed E-state index contributed by atoms with van der Waals surface area (Å²) in [6.45, 7) is 9.14. The molecule has 0 atom stereocenters. The number of hydrazone groups is 1. The molecule has 0 aliphatic carbocycles. The third-order valence-corrected chi connectivity index (χ3v) is 2.21. The Morgan fingerprint density at radius 2 is 2.50 bits per heavy atom. The van der Waals surface area contributed by atoms with Crippen LogP contribution in [0.15, 0.2) is 40.7 Å². The van der Waals surface area contributed by atoms with E-state index in [0.29, 0.717) is 6.54 Å². The minimum atomic E-state index is 0.263. The van der Waals surface area contributed by atoms with Gasteiger partial charge in [0.15, 0.2) is 0 Å². The van der Waals surface area contributed by atoms with Gasteiger partial charge in [-0.25, -0.2) is 0 Å². The number of nitrogens with zero attached hydrogens (tertiary/aromatic N) is 2. The summed E-state index contributed by atoms with van der Waals surface area (Å²) in [7, 11) is 0. The van der Waals surface area contributed by atoms with E-state index < -0.39 is 0 Å². The molecule has 1 aliphatic rings. The summed E-state index contributed by atoms with van der Waals surface area (Å²) < 4.78 is 0. The van der Waals surface area contributed by atoms with Crippen LogP contribution in [0.25, 0.3) is 0 Å². The fraction of sp³-hybridized carbons (Fsp3) is 0.364. The van der Waals surface area contributed by atoms with Crippen LogP contribution in [0.1, 0.15) is 13.8 Å². The van der Waals surface area contributed by atoms with Crippen molar-refractivity contribution < 1.29 is 5.11 Å². The van der Waals surface area contributed by atoms with E-state index in [1.807, 2.05) is 11.9 Å². The van der Waals surface area contributed by atoms with Crippen LogP contribution in [0.5, 0.6) is 0 Å². The summed E-state index contributed by atoms with van der Waals surface area (Å²) in [4.78, 5) is 0. The third kappa shape index (κ3) is 2.05. The maximum Gasteiger partial charge on any atom is 0.120 e. The van der Waals surface area contributed by atoms with Gasteiger partial charge in [-0.2, -0.15) is 5.10 Å². The minimum Gasteiger partial charge on any atom is -0.508 e. The molecule has 0 saturated heterocycles. The maximum absolute atomic E-state index is 9.59. The number of aliphatic hydroxyl groups excluding tert-OH is 1. The standard InChI is InChI=1S/C11H16N2O/c1-4-9-8-13(6-3)12-7-10(9)11(14)5-2/h4-5,7,14H,1,6,8H2,2-3H3/b11-5+. The molecule has 1 heterocycles. The van der Waals surface area contributed by atoms with Crippen LogP contribution in [-0.2, 0) is 0 Å². The van der Waals surface area contributed by atoms with E-state index in [2.05, 4.69) is 11.7 Å². The quantitative estimate of drug-likeness (QED) is 0.696. The molecule has 76 valence electrons. The Bertz CT molecular complexity index is 313. The number of aliphatic hydroxyl groups is 1. The number of allylic oxidation sites excluding steroid dienone is 2. The smallest absolute Gasteiger partial charge is 0.120 e. The van der Waals surface area contributed by atoms with Crippen molar-refractivity contribution in [1.29, 1.82) is 0 Å². The van der Waals surface area contributed by atoms with Gasteiger partial charge in [0.1, 0.15) is 5.76 Å². The van der Waals surface area contributed by atoms with Crippen LogP contribution in [-0.4, -0.2) is 29.4 Å². The summed E-state index contributed by atoms with van der Waals surface area (Å²) in [5.41, 5.74) is 1.78. The topological polar surface area (TPSA) is 35.8 Å². The van der Waals surface area contributed by atoms with E-state index in [-0.39, 0.29) is 5.76 Å². The average Bonchev–Trinajstić information content (AvgIpc) is 2.27. The molecule has 0 saturated carbocycles. The zero-order chi connectivity index (χ0) is 10.6. The van der Waals surface area contributed by atoms with E-state index in [4.69, 9.17) is 0 Å². The van der Waals surface area contributed by atoms with Crippen LogP contribution in [0.2, 0.25) is 0 Å². The van der Waals surface area contributed by atoms with Crippen molar-refractivity contribution >= 4 is 6.21 Å². The van der Waals surface area contributed by atoms with Gasteiger partial charge in [0.25, 0.3) is 0 Å². The molecule has 3 nitrogen and oxygen atoms in total. The van der Waals surface area contributed by atoms with Gasteiger partial charge in [-0.05, 0) is 25.5 Å². The molecule has 14 heavy (non-hydrogen) atoms. The molecule has 0 aromatic carbocycles. The van der Waals surface area contributed by atoms with Gasteiger partial charge in [0.05, 0.1) is 12.8 Å². The Morgan fingerprint density at radius 1 is 1.79 bits per heavy atom. The SMILES string of the molecule is C=CC1=C(/C(O)=C\C)C=NN(CC)C1. The monoisotopic (exact) mass is 192 g/mol. The van der Waals surface area contributed by atoms with Gasteiger partial charge >= 0.3 is 0 Å². The van der Waals surface area contributed by atoms with E-state index in [0.717, 1.165) is 17.7 Å². The Morgan fingerprint density at radius 3 is 3.00 bits per heavy atom. The molecule has 0 radical (unpaired) electrons. The zero-order valence-corrected chi connectivity index (χ0v) is 8.70. The molecule has 1 aliphatic heterocycles. The fourth-order valence-corrected chi connectivity index (χ4v) is 1.30. The summed E-state index contributed by atoms with van der Waals surface area (Å²) in [6.07, 6.45) is 5.11. The van der Waals surface area contributed by atoms with Crippen molar-refractivity contribution in [3.05, 3.63) is 35.6 Å². The van der Waals surface area contributed by atoms with E-state index in [1.54, 1.807) is 25.3 Å². The third-order valence-electron chi connectivity index (χ3n) is 2.21. The molecule has 0 amide bonds. The molecule has 0 bridgehead atoms. The normalized spacial score (nSPS) is 17.6. The first-order chi connectivity index (χ1) is 6.72. The summed E-state index contributed by atoms with van der Waals surface area (Å²) in [5.74, 6) is 0.263. The van der Waals surface area contributed by atoms with Crippen molar-refractivity contribution in [2.24, 2.45) is 5.10 Å². The Kier molecular flexibility index (Phi) is 3.51. The Hall–Kier alpha value is -1.51. The van der Waals surface area contributed by atoms with Crippen LogP contribution >= 0.6 is 0 Å². The molecule has 0 aromatic rings. The van der Waals surface area contributed by atoms with Crippen molar-refractivity contribution in [2.45, 2.75) is 13.8 Å². The highest BCUT2D eigenvalue weighted by atomic mass is 16.3. The van der Waals surface area contributed by atoms with Gasteiger partial charge < -0.3 is 5.11 Å². The summed E-state index contributed by atoms with van der Waals surface area (Å²) >= 11 is 0. The molecule has 0 fully saturated rings. The molecule has 3 heteroatoms. The van der Waals surface area contributed by atoms with Crippen LogP contribution in [0.3, 0.4) is 0 Å². The van der Waals surface area contributed by atoms with Crippen molar-refractivity contribution in [1.82, 2.24) is 5.01 Å². The Labute approximate surface area is 84.7 Å². The number of hydrogen-bond donors (Lipinski definition) is 1. The summed E-state index contributed by atoms with van der Waals surface area (Å²) in [6, 6.07) is 0. The second kappa shape index (κ2) is 4.65. The van der Waals surface area contributed by atoms with Crippen molar-refractivity contribution in [3.63, 3.8) is 0 Å². The van der Waals surface area contributed by atoms with Gasteiger partial charge in [-0.1, -0.05) is 12.7 Å². The van der Waals surface area contributed by atoms with E-state index in [1.165, 1.54) is 0 Å². The number of rotatable bonds is 3. The number of likely N-dealkylation sites (N-methyl/N-ethyl adjacent to an activating group) is 1. The largest absolute Gasteiger partial charge is 0.508 e. The Balaban J connectivity index is 2.98. The van der Waals surface area contributed by atoms with Crippen molar-refractivity contribution in [2.75, 3.05) is 13.1 Å². The predicted molar refractivity (Wildman–Crippen MR) is 59.3 cm³/mol. The van der Waals surface area contributed by atoms with Gasteiger partial charge in [-0.15, -0.1) is 0 Å². The molecular formula is C11H16N2O. The lowest BCUT2D eigenvalue weighted by Crippen LogP contribution is -2.24. The van der Waals surface area contributed by atoms with Crippen LogP contribution < -0.4 is 0 Å². The lowest BCUT2D eigenvalue weighted by Gasteiger charge is -2.23. The second-order valence-electron chi connectivity index (χ2n) is 3.04. The lowest BCUT2D eigenvalue weighted by molar-refractivity contribution is 0.327. The van der Waals surface area contributed by atoms with Crippen LogP contribution in [0, 0.1) is 0 Å². The zero-order valence-electron chi connectivity index (χ0n) is 8.70. The first kappa shape index (κ1) is 10.6. The molecule has 1 N–H and O–H groups in total. The molecule has 0 unspecified atom stereocenters. The maximum atomic E-state index is 9.59. The highest BCUT2D eigenvalue weighted by Crippen LogP contribution is 2.17. The first-order valence-corrected chi connectivity index (χ1v) is 4.73. The average molecular weight is 192 g/mol. The molecular weight excluding hydrogens is 176 g/mol. The lowest BCUT2D eigenvalue weighted by atomic mass is 10.1. The van der Waals surface area contributed by atoms with E-state index in [9.17, 15) is 5.11 Å². The molecule has 0 spiro atoms. The van der Waals surface area contributed by atoms with Crippen LogP contribution in [0.4, 0.5) is 0 Å². The fourth-order valence-electron chi connectivity index (χ4n) is 1.30. The van der Waals surface area contributed by atoms with Gasteiger partial charge in [0.2, 0.25) is 0 Å². The van der Waals surface area contributed by atoms with E-state index >= 15 is 0 Å². The summed E-state index contributed by atoms with van der Waals surface area (Å²) in [5, 5.41) is 15.7. The highest BCUT2D eigenvalue weighted by Gasteiger charge is 2.13.